The summed E-state index contributed by atoms with van der Waals surface area (Å²) in [5, 5.41) is 8.01. The van der Waals surface area contributed by atoms with Gasteiger partial charge in [0.15, 0.2) is 5.17 Å². The van der Waals surface area contributed by atoms with Crippen molar-refractivity contribution in [1.82, 2.24) is 0 Å². The van der Waals surface area contributed by atoms with E-state index in [4.69, 9.17) is 12.2 Å². The van der Waals surface area contributed by atoms with E-state index in [9.17, 15) is 0 Å². The molecule has 0 radical (unpaired) electrons. The van der Waals surface area contributed by atoms with Gasteiger partial charge in [0.1, 0.15) is 0 Å². The van der Waals surface area contributed by atoms with Crippen LogP contribution in [0.5, 0.6) is 0 Å². The minimum Gasteiger partial charge on any atom is -0.377 e. The smallest absolute Gasteiger partial charge is 0.181 e. The molecule has 0 spiro atoms. The zero-order chi connectivity index (χ0) is 10.9. The van der Waals surface area contributed by atoms with Crippen molar-refractivity contribution in [2.75, 3.05) is 5.75 Å². The summed E-state index contributed by atoms with van der Waals surface area (Å²) in [6, 6.07) is 9.67. The first-order valence-corrected chi connectivity index (χ1v) is 5.29. The number of benzene rings is 1. The number of amidine groups is 1. The van der Waals surface area contributed by atoms with Crippen molar-refractivity contribution >= 4 is 23.1 Å². The van der Waals surface area contributed by atoms with Crippen molar-refractivity contribution in [3.8, 4) is 12.3 Å². The van der Waals surface area contributed by atoms with E-state index in [2.05, 4.69) is 16.1 Å². The Morgan fingerprint density at radius 2 is 2.20 bits per heavy atom. The maximum Gasteiger partial charge on any atom is 0.181 e. The van der Waals surface area contributed by atoms with Crippen LogP contribution in [0.4, 0.5) is 0 Å². The van der Waals surface area contributed by atoms with Gasteiger partial charge in [0.25, 0.3) is 0 Å². The van der Waals surface area contributed by atoms with E-state index >= 15 is 0 Å². The van der Waals surface area contributed by atoms with Gasteiger partial charge in [-0.25, -0.2) is 0 Å². The summed E-state index contributed by atoms with van der Waals surface area (Å²) in [4.78, 5) is 0. The fraction of sp³-hybridized carbons (Fsp3) is 0.0909. The number of rotatable bonds is 3. The topological polar surface area (TPSA) is 50.7 Å². The minimum atomic E-state index is 0.375. The molecule has 15 heavy (non-hydrogen) atoms. The highest BCUT2D eigenvalue weighted by atomic mass is 32.2. The van der Waals surface area contributed by atoms with Crippen LogP contribution in [-0.4, -0.2) is 17.1 Å². The molecule has 0 aliphatic rings. The first-order chi connectivity index (χ1) is 7.33. The summed E-state index contributed by atoms with van der Waals surface area (Å²) in [7, 11) is 0. The van der Waals surface area contributed by atoms with Crippen molar-refractivity contribution in [1.29, 1.82) is 0 Å². The summed E-state index contributed by atoms with van der Waals surface area (Å²) < 4.78 is 0. The third-order valence-corrected chi connectivity index (χ3v) is 2.15. The molecule has 1 rings (SSSR count). The van der Waals surface area contributed by atoms with Crippen LogP contribution < -0.4 is 5.73 Å². The van der Waals surface area contributed by atoms with Gasteiger partial charge in [0.05, 0.1) is 12.0 Å². The summed E-state index contributed by atoms with van der Waals surface area (Å²) in [6.45, 7) is 0. The molecule has 0 unspecified atom stereocenters. The Kier molecular flexibility index (Phi) is 5.06. The summed E-state index contributed by atoms with van der Waals surface area (Å²) >= 11 is 1.29. The Balaban J connectivity index is 2.49. The van der Waals surface area contributed by atoms with Crippen LogP contribution in [0.15, 0.2) is 40.5 Å². The van der Waals surface area contributed by atoms with E-state index < -0.39 is 0 Å². The van der Waals surface area contributed by atoms with Crippen LogP contribution in [0.3, 0.4) is 0 Å². The lowest BCUT2D eigenvalue weighted by molar-refractivity contribution is 1.25. The molecule has 1 aromatic carbocycles. The van der Waals surface area contributed by atoms with Crippen molar-refractivity contribution in [2.45, 2.75) is 0 Å². The molecule has 1 aromatic rings. The van der Waals surface area contributed by atoms with Gasteiger partial charge in [-0.2, -0.15) is 5.10 Å². The fourth-order valence-electron chi connectivity index (χ4n) is 0.836. The molecule has 0 aromatic heterocycles. The lowest BCUT2D eigenvalue weighted by Gasteiger charge is -1.91. The summed E-state index contributed by atoms with van der Waals surface area (Å²) in [5.41, 5.74) is 6.51. The van der Waals surface area contributed by atoms with E-state index in [0.717, 1.165) is 5.56 Å². The highest BCUT2D eigenvalue weighted by Crippen LogP contribution is 1.98. The molecule has 0 bridgehead atoms. The molecule has 0 atom stereocenters. The SMILES string of the molecule is C#CCS/C(N)=N/N=C\c1ccccc1. The van der Waals surface area contributed by atoms with E-state index in [0.29, 0.717) is 10.9 Å². The molecule has 0 fully saturated rings. The molecular formula is C11H11N3S. The van der Waals surface area contributed by atoms with Gasteiger partial charge in [-0.3, -0.25) is 0 Å². The van der Waals surface area contributed by atoms with Crippen LogP contribution in [-0.2, 0) is 0 Å². The average Bonchev–Trinajstić information content (AvgIpc) is 2.28. The van der Waals surface area contributed by atoms with Crippen LogP contribution in [0.2, 0.25) is 0 Å². The standard InChI is InChI=1S/C11H11N3S/c1-2-8-15-11(12)14-13-9-10-6-4-3-5-7-10/h1,3-7,9H,8H2,(H2,12,14)/b13-9-. The molecule has 0 heterocycles. The maximum atomic E-state index is 5.53. The van der Waals surface area contributed by atoms with Crippen LogP contribution in [0.25, 0.3) is 0 Å². The molecule has 0 saturated heterocycles. The second kappa shape index (κ2) is 6.68. The summed E-state index contributed by atoms with van der Waals surface area (Å²) in [5.74, 6) is 2.97. The first-order valence-electron chi connectivity index (χ1n) is 4.30. The van der Waals surface area contributed by atoms with Crippen LogP contribution in [0.1, 0.15) is 5.56 Å². The van der Waals surface area contributed by atoms with Gasteiger partial charge < -0.3 is 5.73 Å². The van der Waals surface area contributed by atoms with Gasteiger partial charge in [-0.1, -0.05) is 48.0 Å². The quantitative estimate of drug-likeness (QED) is 0.362. The van der Waals surface area contributed by atoms with E-state index in [1.807, 2.05) is 30.3 Å². The lowest BCUT2D eigenvalue weighted by atomic mass is 10.2. The molecule has 0 amide bonds. The summed E-state index contributed by atoms with van der Waals surface area (Å²) in [6.07, 6.45) is 6.72. The molecule has 4 heteroatoms. The number of nitrogens with two attached hydrogens (primary N) is 1. The van der Waals surface area contributed by atoms with Crippen molar-refractivity contribution in [3.63, 3.8) is 0 Å². The predicted octanol–water partition coefficient (Wildman–Crippen LogP) is 1.70. The van der Waals surface area contributed by atoms with Crippen molar-refractivity contribution in [3.05, 3.63) is 35.9 Å². The van der Waals surface area contributed by atoms with E-state index in [-0.39, 0.29) is 0 Å². The molecular weight excluding hydrogens is 206 g/mol. The second-order valence-electron chi connectivity index (χ2n) is 2.59. The Morgan fingerprint density at radius 3 is 2.87 bits per heavy atom. The normalized spacial score (nSPS) is 11.5. The number of thioether (sulfide) groups is 1. The lowest BCUT2D eigenvalue weighted by Crippen LogP contribution is -2.05. The van der Waals surface area contributed by atoms with E-state index in [1.54, 1.807) is 6.21 Å². The maximum absolute atomic E-state index is 5.53. The zero-order valence-electron chi connectivity index (χ0n) is 8.13. The van der Waals surface area contributed by atoms with Crippen LogP contribution >= 0.6 is 11.8 Å². The third kappa shape index (κ3) is 4.89. The monoisotopic (exact) mass is 217 g/mol. The zero-order valence-corrected chi connectivity index (χ0v) is 8.95. The van der Waals surface area contributed by atoms with Gasteiger partial charge in [0, 0.05) is 0 Å². The highest BCUT2D eigenvalue weighted by molar-refractivity contribution is 8.13. The molecule has 0 aliphatic heterocycles. The number of hydrogen-bond donors (Lipinski definition) is 1. The fourth-order valence-corrected chi connectivity index (χ4v) is 1.17. The van der Waals surface area contributed by atoms with E-state index in [1.165, 1.54) is 11.8 Å². The predicted molar refractivity (Wildman–Crippen MR) is 66.9 cm³/mol. The molecule has 76 valence electrons. The Hall–Kier alpha value is -1.73. The largest absolute Gasteiger partial charge is 0.377 e. The van der Waals surface area contributed by atoms with Gasteiger partial charge in [-0.05, 0) is 5.56 Å². The third-order valence-electron chi connectivity index (χ3n) is 1.47. The number of nitrogens with zero attached hydrogens (tertiary/aromatic N) is 2. The molecule has 3 nitrogen and oxygen atoms in total. The second-order valence-corrected chi connectivity index (χ2v) is 3.58. The minimum absolute atomic E-state index is 0.375. The van der Waals surface area contributed by atoms with Crippen molar-refractivity contribution in [2.24, 2.45) is 15.9 Å². The average molecular weight is 217 g/mol. The van der Waals surface area contributed by atoms with Crippen LogP contribution in [0, 0.1) is 12.3 Å². The highest BCUT2D eigenvalue weighted by Gasteiger charge is 1.89. The van der Waals surface area contributed by atoms with Gasteiger partial charge in [-0.15, -0.1) is 11.5 Å². The molecule has 0 aliphatic carbocycles. The Morgan fingerprint density at radius 1 is 1.47 bits per heavy atom. The molecule has 0 saturated carbocycles. The number of terminal acetylenes is 1. The first kappa shape index (κ1) is 11.3. The van der Waals surface area contributed by atoms with Gasteiger partial charge in [0.2, 0.25) is 0 Å². The Labute approximate surface area is 93.5 Å². The number of hydrogen-bond acceptors (Lipinski definition) is 3. The van der Waals surface area contributed by atoms with Crippen molar-refractivity contribution < 1.29 is 0 Å². The Bertz CT molecular complexity index is 390. The molecule has 2 N–H and O–H groups in total. The van der Waals surface area contributed by atoms with Gasteiger partial charge >= 0.3 is 0 Å².